The van der Waals surface area contributed by atoms with Crippen LogP contribution in [0.4, 0.5) is 11.4 Å². The molecule has 0 aliphatic carbocycles. The maximum Gasteiger partial charge on any atom is 0.262 e. The molecule has 4 nitrogen and oxygen atoms in total. The van der Waals surface area contributed by atoms with Crippen LogP contribution in [0.3, 0.4) is 0 Å². The van der Waals surface area contributed by atoms with Crippen LogP contribution in [-0.2, 0) is 4.79 Å². The maximum atomic E-state index is 12.3. The lowest BCUT2D eigenvalue weighted by atomic mass is 10.1. The minimum atomic E-state index is -0.279. The number of aryl methyl sites for hydroxylation is 3. The molecule has 0 spiro atoms. The SMILES string of the molecule is Cc1ccc(N=Cc2cc(Br)c(OCC(=O)Nc3ccc(C)c(Cl)c3)c(Br)c2)cc1C. The van der Waals surface area contributed by atoms with Crippen molar-refractivity contribution in [1.82, 2.24) is 0 Å². The number of carbonyl (C=O) groups excluding carboxylic acids is 1. The zero-order chi connectivity index (χ0) is 22.5. The van der Waals surface area contributed by atoms with Crippen LogP contribution in [0.1, 0.15) is 22.3 Å². The van der Waals surface area contributed by atoms with Gasteiger partial charge < -0.3 is 10.1 Å². The van der Waals surface area contributed by atoms with Gasteiger partial charge in [0.05, 0.1) is 14.6 Å². The first-order valence-electron chi connectivity index (χ1n) is 9.52. The van der Waals surface area contributed by atoms with Gasteiger partial charge in [-0.3, -0.25) is 9.79 Å². The Bertz CT molecular complexity index is 1140. The Morgan fingerprint density at radius 2 is 1.68 bits per heavy atom. The fourth-order valence-electron chi connectivity index (χ4n) is 2.75. The van der Waals surface area contributed by atoms with Gasteiger partial charge in [-0.25, -0.2) is 0 Å². The number of benzene rings is 3. The van der Waals surface area contributed by atoms with Gasteiger partial charge in [0.15, 0.2) is 6.61 Å². The number of hydrogen-bond donors (Lipinski definition) is 1. The fraction of sp³-hybridized carbons (Fsp3) is 0.167. The third-order valence-corrected chi connectivity index (χ3v) is 6.26. The van der Waals surface area contributed by atoms with Crippen LogP contribution in [0, 0.1) is 20.8 Å². The molecule has 0 aliphatic heterocycles. The highest BCUT2D eigenvalue weighted by Crippen LogP contribution is 2.34. The summed E-state index contributed by atoms with van der Waals surface area (Å²) in [4.78, 5) is 16.8. The van der Waals surface area contributed by atoms with Gasteiger partial charge in [0.2, 0.25) is 0 Å². The second-order valence-corrected chi connectivity index (χ2v) is 9.26. The zero-order valence-corrected chi connectivity index (χ0v) is 21.2. The van der Waals surface area contributed by atoms with Gasteiger partial charge in [-0.15, -0.1) is 0 Å². The molecule has 1 amide bonds. The molecule has 0 heterocycles. The van der Waals surface area contributed by atoms with E-state index in [2.05, 4.69) is 62.1 Å². The predicted octanol–water partition coefficient (Wildman–Crippen LogP) is 7.56. The number of anilines is 1. The Morgan fingerprint density at radius 1 is 1.00 bits per heavy atom. The molecular formula is C24H21Br2ClN2O2. The topological polar surface area (TPSA) is 50.7 Å². The number of amides is 1. The standard InChI is InChI=1S/C24H21Br2ClN2O2/c1-14-4-6-18(8-16(14)3)28-12-17-9-20(25)24(21(26)10-17)31-13-23(30)29-19-7-5-15(2)22(27)11-19/h4-12H,13H2,1-3H3,(H,29,30). The summed E-state index contributed by atoms with van der Waals surface area (Å²) < 4.78 is 7.15. The molecule has 0 unspecified atom stereocenters. The zero-order valence-electron chi connectivity index (χ0n) is 17.3. The summed E-state index contributed by atoms with van der Waals surface area (Å²) in [5.41, 5.74) is 5.80. The highest BCUT2D eigenvalue weighted by Gasteiger charge is 2.12. The number of aliphatic imine (C=N–C) groups is 1. The Labute approximate surface area is 203 Å². The minimum absolute atomic E-state index is 0.140. The first kappa shape index (κ1) is 23.5. The number of ether oxygens (including phenoxy) is 1. The predicted molar refractivity (Wildman–Crippen MR) is 135 cm³/mol. The normalized spacial score (nSPS) is 11.0. The van der Waals surface area contributed by atoms with Gasteiger partial charge in [-0.1, -0.05) is 23.7 Å². The highest BCUT2D eigenvalue weighted by atomic mass is 79.9. The van der Waals surface area contributed by atoms with E-state index in [0.717, 1.165) is 25.8 Å². The van der Waals surface area contributed by atoms with Crippen LogP contribution in [0.2, 0.25) is 5.02 Å². The fourth-order valence-corrected chi connectivity index (χ4v) is 4.38. The molecule has 0 radical (unpaired) electrons. The Hall–Kier alpha value is -2.15. The highest BCUT2D eigenvalue weighted by molar-refractivity contribution is 9.11. The lowest BCUT2D eigenvalue weighted by Gasteiger charge is -2.12. The summed E-state index contributed by atoms with van der Waals surface area (Å²) in [5, 5.41) is 3.38. The van der Waals surface area contributed by atoms with Gasteiger partial charge in [-0.2, -0.15) is 0 Å². The van der Waals surface area contributed by atoms with E-state index in [1.165, 1.54) is 11.1 Å². The van der Waals surface area contributed by atoms with E-state index >= 15 is 0 Å². The Morgan fingerprint density at radius 3 is 2.32 bits per heavy atom. The van der Waals surface area contributed by atoms with Crippen LogP contribution in [0.5, 0.6) is 5.75 Å². The van der Waals surface area contributed by atoms with E-state index < -0.39 is 0 Å². The second-order valence-electron chi connectivity index (χ2n) is 7.14. The molecule has 0 aromatic heterocycles. The lowest BCUT2D eigenvalue weighted by molar-refractivity contribution is -0.118. The monoisotopic (exact) mass is 562 g/mol. The largest absolute Gasteiger partial charge is 0.481 e. The average Bonchev–Trinajstić information content (AvgIpc) is 2.71. The molecule has 1 N–H and O–H groups in total. The molecule has 3 aromatic rings. The molecule has 3 aromatic carbocycles. The van der Waals surface area contributed by atoms with Crippen molar-refractivity contribution in [3.05, 3.63) is 84.8 Å². The van der Waals surface area contributed by atoms with Gasteiger partial charge in [0, 0.05) is 16.9 Å². The summed E-state index contributed by atoms with van der Waals surface area (Å²) in [6, 6.07) is 15.2. The lowest BCUT2D eigenvalue weighted by Crippen LogP contribution is -2.20. The summed E-state index contributed by atoms with van der Waals surface area (Å²) in [7, 11) is 0. The van der Waals surface area contributed by atoms with Gasteiger partial charge in [-0.05, 0) is 111 Å². The van der Waals surface area contributed by atoms with Crippen molar-refractivity contribution in [2.75, 3.05) is 11.9 Å². The van der Waals surface area contributed by atoms with E-state index in [1.807, 2.05) is 37.3 Å². The second kappa shape index (κ2) is 10.4. The third-order valence-electron chi connectivity index (χ3n) is 4.68. The molecule has 160 valence electrons. The molecular weight excluding hydrogens is 544 g/mol. The number of nitrogens with zero attached hydrogens (tertiary/aromatic N) is 1. The number of halogens is 3. The van der Waals surface area contributed by atoms with Crippen LogP contribution in [-0.4, -0.2) is 18.7 Å². The quantitative estimate of drug-likeness (QED) is 0.314. The first-order valence-corrected chi connectivity index (χ1v) is 11.5. The van der Waals surface area contributed by atoms with Crippen molar-refractivity contribution in [1.29, 1.82) is 0 Å². The third kappa shape index (κ3) is 6.42. The molecule has 3 rings (SSSR count). The molecule has 0 atom stereocenters. The van der Waals surface area contributed by atoms with Gasteiger partial charge in [0.1, 0.15) is 5.75 Å². The molecule has 31 heavy (non-hydrogen) atoms. The molecule has 0 saturated heterocycles. The summed E-state index contributed by atoms with van der Waals surface area (Å²) in [6.07, 6.45) is 1.79. The molecule has 0 aliphatic rings. The summed E-state index contributed by atoms with van der Waals surface area (Å²) >= 11 is 13.1. The van der Waals surface area contributed by atoms with Gasteiger partial charge in [0.25, 0.3) is 5.91 Å². The van der Waals surface area contributed by atoms with E-state index in [-0.39, 0.29) is 12.5 Å². The van der Waals surface area contributed by atoms with Crippen molar-refractivity contribution in [3.8, 4) is 5.75 Å². The first-order chi connectivity index (χ1) is 14.7. The smallest absolute Gasteiger partial charge is 0.262 e. The summed E-state index contributed by atoms with van der Waals surface area (Å²) in [6.45, 7) is 5.91. The van der Waals surface area contributed by atoms with E-state index in [1.54, 1.807) is 18.3 Å². The average molecular weight is 565 g/mol. The van der Waals surface area contributed by atoms with Crippen molar-refractivity contribution in [2.45, 2.75) is 20.8 Å². The molecule has 7 heteroatoms. The van der Waals surface area contributed by atoms with Gasteiger partial charge >= 0.3 is 0 Å². The van der Waals surface area contributed by atoms with Crippen molar-refractivity contribution in [3.63, 3.8) is 0 Å². The van der Waals surface area contributed by atoms with Crippen molar-refractivity contribution < 1.29 is 9.53 Å². The number of carbonyl (C=O) groups is 1. The van der Waals surface area contributed by atoms with Crippen LogP contribution >= 0.6 is 43.5 Å². The van der Waals surface area contributed by atoms with Crippen molar-refractivity contribution >= 4 is 67.0 Å². The van der Waals surface area contributed by atoms with Crippen LogP contribution < -0.4 is 10.1 Å². The number of nitrogens with one attached hydrogen (secondary N) is 1. The van der Waals surface area contributed by atoms with Crippen LogP contribution in [0.25, 0.3) is 0 Å². The Kier molecular flexibility index (Phi) is 7.92. The minimum Gasteiger partial charge on any atom is -0.481 e. The Balaban J connectivity index is 1.65. The van der Waals surface area contributed by atoms with E-state index in [0.29, 0.717) is 16.5 Å². The van der Waals surface area contributed by atoms with Crippen LogP contribution in [0.15, 0.2) is 62.5 Å². The summed E-state index contributed by atoms with van der Waals surface area (Å²) in [5.74, 6) is 0.263. The number of rotatable bonds is 6. The van der Waals surface area contributed by atoms with Crippen molar-refractivity contribution in [2.24, 2.45) is 4.99 Å². The number of hydrogen-bond acceptors (Lipinski definition) is 3. The molecule has 0 fully saturated rings. The van der Waals surface area contributed by atoms with E-state index in [4.69, 9.17) is 16.3 Å². The van der Waals surface area contributed by atoms with E-state index in [9.17, 15) is 4.79 Å². The molecule has 0 saturated carbocycles. The maximum absolute atomic E-state index is 12.3. The molecule has 0 bridgehead atoms.